The van der Waals surface area contributed by atoms with Gasteiger partial charge in [-0.2, -0.15) is 8.42 Å². The third-order valence-corrected chi connectivity index (χ3v) is 5.90. The molecule has 1 atom stereocenters. The molecule has 2 N–H and O–H groups in total. The van der Waals surface area contributed by atoms with E-state index in [4.69, 9.17) is 23.9 Å². The molecule has 0 bridgehead atoms. The van der Waals surface area contributed by atoms with Crippen molar-refractivity contribution >= 4 is 33.9 Å². The van der Waals surface area contributed by atoms with Gasteiger partial charge in [-0.05, 0) is 60.0 Å². The van der Waals surface area contributed by atoms with E-state index in [0.29, 0.717) is 0 Å². The van der Waals surface area contributed by atoms with Crippen LogP contribution in [0.2, 0.25) is 0 Å². The fourth-order valence-corrected chi connectivity index (χ4v) is 4.07. The number of carboxylic acids is 1. The number of hydrogen-bond donors (Lipinski definition) is 2. The zero-order chi connectivity index (χ0) is 24.3. The van der Waals surface area contributed by atoms with Crippen LogP contribution in [0.15, 0.2) is 36.5 Å². The minimum absolute atomic E-state index is 0.249. The van der Waals surface area contributed by atoms with Crippen molar-refractivity contribution in [3.63, 3.8) is 0 Å². The van der Waals surface area contributed by atoms with Crippen molar-refractivity contribution < 1.29 is 37.1 Å². The molecular weight excluding hydrogens is 450 g/mol. The first kappa shape index (κ1) is 24.1. The van der Waals surface area contributed by atoms with Crippen molar-refractivity contribution in [3.05, 3.63) is 58.8 Å². The van der Waals surface area contributed by atoms with Gasteiger partial charge in [0.1, 0.15) is 5.75 Å². The molecule has 2 heterocycles. The fraction of sp³-hybridized carbons (Fsp3) is 0.261. The van der Waals surface area contributed by atoms with Crippen molar-refractivity contribution in [1.82, 2.24) is 4.90 Å². The Kier molecular flexibility index (Phi) is 6.99. The van der Waals surface area contributed by atoms with Crippen LogP contribution in [0.3, 0.4) is 0 Å². The molecule has 0 amide bonds. The number of carboxylic acid groups (broad SMARTS) is 1. The first-order valence-electron chi connectivity index (χ1n) is 9.87. The Bertz CT molecular complexity index is 1230. The minimum Gasteiger partial charge on any atom is -0.497 e. The largest absolute Gasteiger partial charge is 0.497 e. The van der Waals surface area contributed by atoms with E-state index in [0.717, 1.165) is 34.1 Å². The monoisotopic (exact) mass is 475 g/mol. The Morgan fingerprint density at radius 3 is 2.24 bits per heavy atom. The van der Waals surface area contributed by atoms with Crippen molar-refractivity contribution in [3.8, 4) is 17.2 Å². The Morgan fingerprint density at radius 1 is 1.03 bits per heavy atom. The molecule has 9 nitrogen and oxygen atoms in total. The first-order valence-corrected chi connectivity index (χ1v) is 11.5. The van der Waals surface area contributed by atoms with Crippen LogP contribution in [0.1, 0.15) is 35.2 Å². The molecular formula is C23H25NO8S. The molecule has 0 aliphatic carbocycles. The third kappa shape index (κ3) is 5.29. The lowest BCUT2D eigenvalue weighted by atomic mass is 9.89. The number of rotatable bonds is 5. The van der Waals surface area contributed by atoms with Gasteiger partial charge in [0.15, 0.2) is 17.3 Å². The lowest BCUT2D eigenvalue weighted by molar-refractivity contribution is -0.134. The maximum Gasteiger partial charge on any atom is 0.321 e. The first-order chi connectivity index (χ1) is 15.6. The number of aliphatic carboxylic acids is 1. The molecule has 2 aliphatic heterocycles. The molecule has 0 spiro atoms. The second-order valence-electron chi connectivity index (χ2n) is 7.34. The summed E-state index contributed by atoms with van der Waals surface area (Å²) in [6.45, 7) is 2.22. The van der Waals surface area contributed by atoms with E-state index in [9.17, 15) is 13.2 Å². The highest BCUT2D eigenvalue weighted by Crippen LogP contribution is 2.45. The summed E-state index contributed by atoms with van der Waals surface area (Å²) in [7, 11) is 0.700. The summed E-state index contributed by atoms with van der Waals surface area (Å²) in [5, 5.41) is 7.71. The third-order valence-electron chi connectivity index (χ3n) is 5.28. The van der Waals surface area contributed by atoms with Crippen LogP contribution in [0, 0.1) is 0 Å². The number of fused-ring (bicyclic) bond motifs is 4. The summed E-state index contributed by atoms with van der Waals surface area (Å²) < 4.78 is 43.3. The second kappa shape index (κ2) is 9.55. The standard InChI is InChI=1S/C21H21NO3.C2H4O5S/c1-13-17-6-5-16(23-2)9-15(17)10-19-18-12-21(25-4)20(24-3)11-14(18)7-8-22(13)19;3-2(4)1-8(5,6)7/h5-13H,1-4H3;1H2,(H,3,4)(H,5,6,7). The van der Waals surface area contributed by atoms with E-state index >= 15 is 0 Å². The highest BCUT2D eigenvalue weighted by molar-refractivity contribution is 7.86. The van der Waals surface area contributed by atoms with Gasteiger partial charge in [-0.15, -0.1) is 0 Å². The molecule has 0 fully saturated rings. The van der Waals surface area contributed by atoms with E-state index < -0.39 is 21.8 Å². The summed E-state index contributed by atoms with van der Waals surface area (Å²) in [5.74, 6) is -0.442. The van der Waals surface area contributed by atoms with Gasteiger partial charge >= 0.3 is 5.97 Å². The van der Waals surface area contributed by atoms with Crippen molar-refractivity contribution in [2.45, 2.75) is 13.0 Å². The zero-order valence-electron chi connectivity index (χ0n) is 18.6. The van der Waals surface area contributed by atoms with Gasteiger partial charge in [-0.3, -0.25) is 9.35 Å². The molecule has 33 heavy (non-hydrogen) atoms. The lowest BCUT2D eigenvalue weighted by Crippen LogP contribution is -2.26. The molecule has 0 saturated carbocycles. The van der Waals surface area contributed by atoms with E-state index in [1.807, 2.05) is 18.2 Å². The predicted octanol–water partition coefficient (Wildman–Crippen LogP) is 3.53. The summed E-state index contributed by atoms with van der Waals surface area (Å²) in [6, 6.07) is 10.6. The van der Waals surface area contributed by atoms with E-state index in [-0.39, 0.29) is 6.04 Å². The molecule has 0 aromatic heterocycles. The highest BCUT2D eigenvalue weighted by atomic mass is 32.2. The summed E-state index contributed by atoms with van der Waals surface area (Å²) in [6.07, 6.45) is 6.48. The van der Waals surface area contributed by atoms with Gasteiger partial charge in [0.2, 0.25) is 0 Å². The molecule has 0 radical (unpaired) electrons. The Hall–Kier alpha value is -3.50. The van der Waals surface area contributed by atoms with Gasteiger partial charge in [0.25, 0.3) is 10.1 Å². The molecule has 176 valence electrons. The Labute approximate surface area is 192 Å². The van der Waals surface area contributed by atoms with E-state index in [1.54, 1.807) is 21.3 Å². The lowest BCUT2D eigenvalue weighted by Gasteiger charge is -2.38. The van der Waals surface area contributed by atoms with Crippen molar-refractivity contribution in [1.29, 1.82) is 0 Å². The van der Waals surface area contributed by atoms with Crippen LogP contribution in [-0.2, 0) is 14.9 Å². The maximum absolute atomic E-state index is 9.62. The quantitative estimate of drug-likeness (QED) is 0.625. The summed E-state index contributed by atoms with van der Waals surface area (Å²) in [5.41, 5.74) is 5.90. The fourth-order valence-electron chi connectivity index (χ4n) is 3.76. The van der Waals surface area contributed by atoms with E-state index in [2.05, 4.69) is 42.3 Å². The smallest absolute Gasteiger partial charge is 0.321 e. The maximum atomic E-state index is 9.62. The van der Waals surface area contributed by atoms with Crippen LogP contribution in [0.25, 0.3) is 17.8 Å². The van der Waals surface area contributed by atoms with Gasteiger partial charge < -0.3 is 24.2 Å². The van der Waals surface area contributed by atoms with Gasteiger partial charge in [-0.1, -0.05) is 6.07 Å². The van der Waals surface area contributed by atoms with Crippen molar-refractivity contribution in [2.75, 3.05) is 27.1 Å². The normalized spacial score (nSPS) is 15.7. The predicted molar refractivity (Wildman–Crippen MR) is 124 cm³/mol. The number of hydrogen-bond acceptors (Lipinski definition) is 7. The topological polar surface area (TPSA) is 123 Å². The van der Waals surface area contributed by atoms with Crippen LogP contribution in [-0.4, -0.2) is 56.0 Å². The van der Waals surface area contributed by atoms with Crippen LogP contribution >= 0.6 is 0 Å². The molecule has 2 aliphatic rings. The number of carbonyl (C=O) groups is 1. The summed E-state index contributed by atoms with van der Waals surface area (Å²) in [4.78, 5) is 11.8. The minimum atomic E-state index is -4.32. The number of methoxy groups -OCH3 is 3. The molecule has 2 aromatic rings. The number of nitrogens with zero attached hydrogens (tertiary/aromatic N) is 1. The van der Waals surface area contributed by atoms with Crippen molar-refractivity contribution in [2.24, 2.45) is 0 Å². The average Bonchev–Trinajstić information content (AvgIpc) is 2.76. The highest BCUT2D eigenvalue weighted by Gasteiger charge is 2.29. The molecule has 0 saturated heterocycles. The molecule has 4 rings (SSSR count). The van der Waals surface area contributed by atoms with Gasteiger partial charge in [-0.25, -0.2) is 0 Å². The molecule has 2 aromatic carbocycles. The van der Waals surface area contributed by atoms with Crippen LogP contribution in [0.4, 0.5) is 0 Å². The molecule has 1 unspecified atom stereocenters. The average molecular weight is 476 g/mol. The zero-order valence-corrected chi connectivity index (χ0v) is 19.4. The Morgan fingerprint density at radius 2 is 1.70 bits per heavy atom. The summed E-state index contributed by atoms with van der Waals surface area (Å²) >= 11 is 0. The van der Waals surface area contributed by atoms with Gasteiger partial charge in [0.05, 0.1) is 27.4 Å². The van der Waals surface area contributed by atoms with E-state index in [1.165, 1.54) is 11.1 Å². The Balaban J connectivity index is 0.000000331. The molecule has 10 heteroatoms. The second-order valence-corrected chi connectivity index (χ2v) is 8.79. The van der Waals surface area contributed by atoms with Crippen LogP contribution in [0.5, 0.6) is 17.2 Å². The van der Waals surface area contributed by atoms with Crippen LogP contribution < -0.4 is 14.2 Å². The number of benzene rings is 2. The SMILES string of the molecule is COc1ccc2c(c1)C=C1c3cc(OC)c(OC)cc3C=CN1C2C.O=C(O)CS(=O)(=O)O. The number of ether oxygens (including phenoxy) is 3. The van der Waals surface area contributed by atoms with Gasteiger partial charge in [0, 0.05) is 17.5 Å².